The minimum Gasteiger partial charge on any atom is -0.493 e. The maximum absolute atomic E-state index is 14.2. The van der Waals surface area contributed by atoms with Gasteiger partial charge in [0, 0.05) is 24.6 Å². The molecule has 3 rings (SSSR count). The molecule has 0 saturated carbocycles. The van der Waals surface area contributed by atoms with Crippen molar-refractivity contribution in [3.05, 3.63) is 65.5 Å². The molecule has 1 heterocycles. The maximum atomic E-state index is 14.2. The van der Waals surface area contributed by atoms with Crippen molar-refractivity contribution in [2.24, 2.45) is 0 Å². The Hall–Kier alpha value is -3.29. The first-order valence-electron chi connectivity index (χ1n) is 12.0. The lowest BCUT2D eigenvalue weighted by Gasteiger charge is -2.26. The van der Waals surface area contributed by atoms with Crippen molar-refractivity contribution < 1.29 is 28.2 Å². The number of carbonyl (C=O) groups excluding carboxylic acids is 2. The number of hydrogen-bond acceptors (Lipinski definition) is 5. The van der Waals surface area contributed by atoms with Gasteiger partial charge in [0.1, 0.15) is 23.8 Å². The predicted octanol–water partition coefficient (Wildman–Crippen LogP) is 5.98. The van der Waals surface area contributed by atoms with Crippen molar-refractivity contribution in [2.45, 2.75) is 71.2 Å². The van der Waals surface area contributed by atoms with Crippen LogP contribution in [0.5, 0.6) is 5.75 Å². The van der Waals surface area contributed by atoms with Gasteiger partial charge in [-0.2, -0.15) is 0 Å². The smallest absolute Gasteiger partial charge is 0.410 e. The van der Waals surface area contributed by atoms with Crippen molar-refractivity contribution in [1.29, 1.82) is 0 Å². The summed E-state index contributed by atoms with van der Waals surface area (Å²) in [7, 11) is 0. The van der Waals surface area contributed by atoms with Crippen LogP contribution in [0.3, 0.4) is 0 Å². The molecule has 0 aliphatic carbocycles. The van der Waals surface area contributed by atoms with Crippen LogP contribution >= 0.6 is 0 Å². The van der Waals surface area contributed by atoms with E-state index >= 15 is 0 Å². The summed E-state index contributed by atoms with van der Waals surface area (Å²) in [6.45, 7) is 8.30. The van der Waals surface area contributed by atoms with Crippen LogP contribution in [0, 0.1) is 5.82 Å². The van der Waals surface area contributed by atoms with E-state index in [1.165, 1.54) is 12.1 Å². The van der Waals surface area contributed by atoms with Gasteiger partial charge >= 0.3 is 12.2 Å². The van der Waals surface area contributed by atoms with Gasteiger partial charge in [0.05, 0.1) is 12.6 Å². The molecule has 1 saturated heterocycles. The van der Waals surface area contributed by atoms with Crippen molar-refractivity contribution in [1.82, 2.24) is 10.2 Å². The Bertz CT molecular complexity index is 993. The lowest BCUT2D eigenvalue weighted by atomic mass is 10.0. The first kappa shape index (κ1) is 26.3. The summed E-state index contributed by atoms with van der Waals surface area (Å²) in [5.41, 5.74) is 0.950. The summed E-state index contributed by atoms with van der Waals surface area (Å²) in [4.78, 5) is 26.4. The molecule has 0 bridgehead atoms. The third-order valence-corrected chi connectivity index (χ3v) is 5.59. The molecule has 1 aliphatic rings. The third-order valence-electron chi connectivity index (χ3n) is 5.59. The second kappa shape index (κ2) is 11.9. The van der Waals surface area contributed by atoms with Crippen LogP contribution in [0.4, 0.5) is 14.0 Å². The molecule has 0 aromatic heterocycles. The quantitative estimate of drug-likeness (QED) is 0.497. The van der Waals surface area contributed by atoms with Crippen LogP contribution in [0.1, 0.15) is 64.1 Å². The number of carbonyl (C=O) groups is 2. The highest BCUT2D eigenvalue weighted by Crippen LogP contribution is 2.38. The number of ether oxygens (including phenoxy) is 3. The number of alkyl carbamates (subject to hydrolysis) is 1. The van der Waals surface area contributed by atoms with E-state index in [9.17, 15) is 14.0 Å². The molecular weight excluding hydrogens is 451 g/mol. The van der Waals surface area contributed by atoms with Gasteiger partial charge in [-0.15, -0.1) is 0 Å². The molecule has 1 fully saturated rings. The van der Waals surface area contributed by atoms with Crippen LogP contribution in [0.2, 0.25) is 0 Å². The van der Waals surface area contributed by atoms with Gasteiger partial charge in [-0.1, -0.05) is 30.3 Å². The van der Waals surface area contributed by atoms with Gasteiger partial charge in [-0.3, -0.25) is 0 Å². The first-order chi connectivity index (χ1) is 16.6. The lowest BCUT2D eigenvalue weighted by molar-refractivity contribution is 0.0503. The molecule has 2 amide bonds. The zero-order chi connectivity index (χ0) is 25.4. The summed E-state index contributed by atoms with van der Waals surface area (Å²) in [6.07, 6.45) is 1.10. The van der Waals surface area contributed by atoms with E-state index in [2.05, 4.69) is 5.32 Å². The summed E-state index contributed by atoms with van der Waals surface area (Å²) in [5, 5.41) is 2.78. The maximum Gasteiger partial charge on any atom is 0.410 e. The molecular formula is C27H35FN2O5. The normalized spacial score (nSPS) is 16.5. The fourth-order valence-corrected chi connectivity index (χ4v) is 3.95. The second-order valence-corrected chi connectivity index (χ2v) is 9.76. The Labute approximate surface area is 206 Å². The van der Waals surface area contributed by atoms with Crippen molar-refractivity contribution in [3.8, 4) is 5.75 Å². The molecule has 2 unspecified atom stereocenters. The largest absolute Gasteiger partial charge is 0.493 e. The number of hydrogen-bond donors (Lipinski definition) is 1. The molecule has 2 atom stereocenters. The molecule has 35 heavy (non-hydrogen) atoms. The molecule has 1 N–H and O–H groups in total. The van der Waals surface area contributed by atoms with Crippen LogP contribution in [0.15, 0.2) is 48.5 Å². The number of nitrogens with zero attached hydrogens (tertiary/aromatic N) is 1. The Morgan fingerprint density at radius 3 is 2.63 bits per heavy atom. The van der Waals surface area contributed by atoms with Gasteiger partial charge in [0.15, 0.2) is 0 Å². The highest BCUT2D eigenvalue weighted by atomic mass is 19.1. The minimum absolute atomic E-state index is 0.176. The summed E-state index contributed by atoms with van der Waals surface area (Å²) >= 11 is 0. The van der Waals surface area contributed by atoms with Gasteiger partial charge in [0.25, 0.3) is 0 Å². The van der Waals surface area contributed by atoms with E-state index in [-0.39, 0.29) is 18.7 Å². The molecule has 0 spiro atoms. The van der Waals surface area contributed by atoms with Crippen molar-refractivity contribution in [3.63, 3.8) is 0 Å². The molecule has 0 radical (unpaired) electrons. The Kier molecular flexibility index (Phi) is 8.95. The summed E-state index contributed by atoms with van der Waals surface area (Å²) in [6, 6.07) is 13.3. The number of rotatable bonds is 8. The van der Waals surface area contributed by atoms with Gasteiger partial charge in [-0.05, 0) is 64.3 Å². The zero-order valence-corrected chi connectivity index (χ0v) is 20.9. The fraction of sp³-hybridized carbons (Fsp3) is 0.481. The molecule has 2 aromatic carbocycles. The van der Waals surface area contributed by atoms with E-state index in [1.54, 1.807) is 31.7 Å². The number of benzene rings is 2. The lowest BCUT2D eigenvalue weighted by Crippen LogP contribution is -2.38. The second-order valence-electron chi connectivity index (χ2n) is 9.76. The van der Waals surface area contributed by atoms with Gasteiger partial charge in [0.2, 0.25) is 0 Å². The molecule has 190 valence electrons. The van der Waals surface area contributed by atoms with Crippen LogP contribution in [0.25, 0.3) is 0 Å². The topological polar surface area (TPSA) is 77.1 Å². The number of nitrogens with one attached hydrogen (secondary N) is 1. The number of halogens is 1. The Morgan fingerprint density at radius 2 is 1.91 bits per heavy atom. The average Bonchev–Trinajstić information content (AvgIpc) is 3.27. The van der Waals surface area contributed by atoms with E-state index in [0.717, 1.165) is 12.0 Å². The highest BCUT2D eigenvalue weighted by Gasteiger charge is 2.33. The molecule has 2 aromatic rings. The Morgan fingerprint density at radius 1 is 1.17 bits per heavy atom. The standard InChI is InChI=1S/C27H35FN2O5/c1-19(29-25(31)35-27(2,3)4)14-16-33-24-13-12-21(28)17-22(24)23-11-8-15-30(23)26(32)34-18-20-9-6-5-7-10-20/h5-7,9-10,12-13,17,19,23H,8,11,14-16,18H2,1-4H3,(H,29,31). The van der Waals surface area contributed by atoms with E-state index in [0.29, 0.717) is 37.3 Å². The minimum atomic E-state index is -0.571. The van der Waals surface area contributed by atoms with Crippen molar-refractivity contribution >= 4 is 12.2 Å². The highest BCUT2D eigenvalue weighted by molar-refractivity contribution is 5.69. The predicted molar refractivity (Wildman–Crippen MR) is 131 cm³/mol. The van der Waals surface area contributed by atoms with Crippen LogP contribution in [-0.2, 0) is 16.1 Å². The molecule has 7 nitrogen and oxygen atoms in total. The fourth-order valence-electron chi connectivity index (χ4n) is 3.95. The van der Waals surface area contributed by atoms with E-state index < -0.39 is 23.6 Å². The first-order valence-corrected chi connectivity index (χ1v) is 12.0. The van der Waals surface area contributed by atoms with Gasteiger partial charge in [-0.25, -0.2) is 14.0 Å². The number of likely N-dealkylation sites (tertiary alicyclic amines) is 1. The van der Waals surface area contributed by atoms with Crippen LogP contribution in [-0.4, -0.2) is 41.9 Å². The third kappa shape index (κ3) is 8.16. The summed E-state index contributed by atoms with van der Waals surface area (Å²) < 4.78 is 30.9. The van der Waals surface area contributed by atoms with E-state index in [1.807, 2.05) is 37.3 Å². The van der Waals surface area contributed by atoms with E-state index in [4.69, 9.17) is 14.2 Å². The summed E-state index contributed by atoms with van der Waals surface area (Å²) in [5.74, 6) is 0.125. The van der Waals surface area contributed by atoms with Crippen LogP contribution < -0.4 is 10.1 Å². The molecule has 8 heteroatoms. The number of amides is 2. The monoisotopic (exact) mass is 486 g/mol. The van der Waals surface area contributed by atoms with Crippen molar-refractivity contribution in [2.75, 3.05) is 13.2 Å². The average molecular weight is 487 g/mol. The molecule has 1 aliphatic heterocycles. The van der Waals surface area contributed by atoms with Gasteiger partial charge < -0.3 is 24.4 Å². The SMILES string of the molecule is CC(CCOc1ccc(F)cc1C1CCCN1C(=O)OCc1ccccc1)NC(=O)OC(C)(C)C. The zero-order valence-electron chi connectivity index (χ0n) is 20.9. The Balaban J connectivity index is 1.59.